The largest absolute Gasteiger partial charge is 0.352 e. The molecule has 1 fully saturated rings. The second-order valence-corrected chi connectivity index (χ2v) is 10.4. The van der Waals surface area contributed by atoms with E-state index in [0.717, 1.165) is 18.4 Å². The van der Waals surface area contributed by atoms with Crippen molar-refractivity contribution in [3.63, 3.8) is 0 Å². The lowest BCUT2D eigenvalue weighted by Gasteiger charge is -2.33. The summed E-state index contributed by atoms with van der Waals surface area (Å²) in [6.07, 6.45) is 6.70. The average Bonchev–Trinajstić information content (AvgIpc) is 2.82. The molecule has 2 aromatic carbocycles. The van der Waals surface area contributed by atoms with Crippen LogP contribution in [0.4, 0.5) is 0 Å². The first kappa shape index (κ1) is 25.4. The molecule has 2 aromatic rings. The first-order valence-corrected chi connectivity index (χ1v) is 13.3. The number of hydrogen-bond donors (Lipinski definition) is 1. The molecule has 0 heterocycles. The summed E-state index contributed by atoms with van der Waals surface area (Å²) < 4.78 is 0. The minimum atomic E-state index is -0.440. The minimum Gasteiger partial charge on any atom is -0.352 e. The Kier molecular flexibility index (Phi) is 9.86. The van der Waals surface area contributed by atoms with Crippen molar-refractivity contribution in [2.75, 3.05) is 5.75 Å². The Labute approximate surface area is 203 Å². The summed E-state index contributed by atoms with van der Waals surface area (Å²) >= 11 is 1.69. The quantitative estimate of drug-likeness (QED) is 0.434. The maximum absolute atomic E-state index is 13.4. The highest BCUT2D eigenvalue weighted by Gasteiger charge is 2.30. The zero-order valence-corrected chi connectivity index (χ0v) is 21.1. The zero-order valence-electron chi connectivity index (χ0n) is 20.3. The van der Waals surface area contributed by atoms with Crippen LogP contribution in [-0.4, -0.2) is 34.6 Å². The van der Waals surface area contributed by atoms with Crippen LogP contribution in [-0.2, 0) is 16.1 Å². The lowest BCUT2D eigenvalue weighted by molar-refractivity contribution is -0.141. The third-order valence-corrected chi connectivity index (χ3v) is 7.43. The Balaban J connectivity index is 1.68. The second-order valence-electron chi connectivity index (χ2n) is 9.19. The molecule has 0 aliphatic heterocycles. The number of hydrogen-bond acceptors (Lipinski definition) is 3. The smallest absolute Gasteiger partial charge is 0.243 e. The predicted octanol–water partition coefficient (Wildman–Crippen LogP) is 6.04. The van der Waals surface area contributed by atoms with Crippen LogP contribution >= 0.6 is 11.8 Å². The van der Waals surface area contributed by atoms with E-state index in [-0.39, 0.29) is 17.9 Å². The van der Waals surface area contributed by atoms with E-state index in [1.165, 1.54) is 35.3 Å². The van der Waals surface area contributed by atoms with E-state index in [2.05, 4.69) is 67.7 Å². The topological polar surface area (TPSA) is 49.4 Å². The average molecular weight is 467 g/mol. The molecular weight excluding hydrogens is 428 g/mol. The maximum atomic E-state index is 13.4. The first-order chi connectivity index (χ1) is 16.0. The van der Waals surface area contributed by atoms with Crippen molar-refractivity contribution < 1.29 is 9.59 Å². The lowest BCUT2D eigenvalue weighted by atomic mass is 9.95. The lowest BCUT2D eigenvalue weighted by Crippen LogP contribution is -2.51. The molecule has 1 aliphatic carbocycles. The first-order valence-electron chi connectivity index (χ1n) is 12.3. The van der Waals surface area contributed by atoms with E-state index in [1.54, 1.807) is 16.7 Å². The molecule has 0 saturated heterocycles. The predicted molar refractivity (Wildman–Crippen MR) is 137 cm³/mol. The van der Waals surface area contributed by atoms with Gasteiger partial charge in [-0.25, -0.2) is 0 Å². The van der Waals surface area contributed by atoms with Crippen molar-refractivity contribution in [3.05, 3.63) is 65.2 Å². The van der Waals surface area contributed by atoms with E-state index >= 15 is 0 Å². The minimum absolute atomic E-state index is 0.00366. The number of nitrogens with zero attached hydrogens (tertiary/aromatic N) is 1. The number of amides is 2. The van der Waals surface area contributed by atoms with Crippen LogP contribution in [0.2, 0.25) is 0 Å². The van der Waals surface area contributed by atoms with Gasteiger partial charge < -0.3 is 10.2 Å². The van der Waals surface area contributed by atoms with E-state index in [0.29, 0.717) is 25.1 Å². The van der Waals surface area contributed by atoms with Gasteiger partial charge in [-0.1, -0.05) is 73.7 Å². The van der Waals surface area contributed by atoms with Crippen LogP contribution in [0.25, 0.3) is 0 Å². The third-order valence-electron chi connectivity index (χ3n) is 6.42. The molecule has 0 spiro atoms. The zero-order chi connectivity index (χ0) is 23.6. The van der Waals surface area contributed by atoms with E-state index in [4.69, 9.17) is 0 Å². The Morgan fingerprint density at radius 3 is 2.18 bits per heavy atom. The fourth-order valence-corrected chi connectivity index (χ4v) is 5.23. The number of benzene rings is 2. The molecule has 33 heavy (non-hydrogen) atoms. The van der Waals surface area contributed by atoms with Gasteiger partial charge in [0.1, 0.15) is 6.04 Å². The highest BCUT2D eigenvalue weighted by Crippen LogP contribution is 2.22. The van der Waals surface area contributed by atoms with Crippen LogP contribution in [0, 0.1) is 13.8 Å². The van der Waals surface area contributed by atoms with Crippen molar-refractivity contribution in [2.24, 2.45) is 0 Å². The fourth-order valence-electron chi connectivity index (χ4n) is 4.39. The van der Waals surface area contributed by atoms with Gasteiger partial charge in [-0.3, -0.25) is 9.59 Å². The third kappa shape index (κ3) is 7.92. The molecule has 1 N–H and O–H groups in total. The van der Waals surface area contributed by atoms with Crippen molar-refractivity contribution in [1.82, 2.24) is 10.2 Å². The summed E-state index contributed by atoms with van der Waals surface area (Å²) in [6, 6.07) is 16.4. The summed E-state index contributed by atoms with van der Waals surface area (Å²) in [5.74, 6) is 0.740. The fraction of sp³-hybridized carbons (Fsp3) is 0.500. The molecule has 0 unspecified atom stereocenters. The van der Waals surface area contributed by atoms with Gasteiger partial charge in [-0.15, -0.1) is 11.8 Å². The van der Waals surface area contributed by atoms with Crippen LogP contribution in [0.1, 0.15) is 68.6 Å². The number of carbonyl (C=O) groups is 2. The molecular formula is C28H38N2O2S. The van der Waals surface area contributed by atoms with Crippen LogP contribution in [0.5, 0.6) is 0 Å². The summed E-state index contributed by atoms with van der Waals surface area (Å²) in [7, 11) is 0. The molecule has 0 bridgehead atoms. The summed E-state index contributed by atoms with van der Waals surface area (Å²) in [4.78, 5) is 29.6. The molecule has 3 rings (SSSR count). The Morgan fingerprint density at radius 2 is 1.58 bits per heavy atom. The van der Waals surface area contributed by atoms with Gasteiger partial charge in [-0.2, -0.15) is 0 Å². The molecule has 5 heteroatoms. The number of carbonyl (C=O) groups excluding carboxylic acids is 2. The van der Waals surface area contributed by atoms with Crippen molar-refractivity contribution in [3.8, 4) is 0 Å². The Morgan fingerprint density at radius 1 is 0.970 bits per heavy atom. The number of rotatable bonds is 10. The standard InChI is InChI=1S/C28H38N2O2S/c1-4-26(28(32)29-24-8-6-5-7-9-24)30(20-23-14-10-21(2)11-15-23)27(31)18-19-33-25-16-12-22(3)13-17-25/h10-17,24,26H,4-9,18-20H2,1-3H3,(H,29,32)/t26-/m0/s1. The number of thioether (sulfide) groups is 1. The van der Waals surface area contributed by atoms with E-state index < -0.39 is 6.04 Å². The van der Waals surface area contributed by atoms with Crippen molar-refractivity contribution >= 4 is 23.6 Å². The van der Waals surface area contributed by atoms with Crippen molar-refractivity contribution in [2.45, 2.75) is 89.2 Å². The number of nitrogens with one attached hydrogen (secondary N) is 1. The summed E-state index contributed by atoms with van der Waals surface area (Å²) in [5, 5.41) is 3.25. The second kappa shape index (κ2) is 12.8. The Bertz CT molecular complexity index is 889. The van der Waals surface area contributed by atoms with Gasteiger partial charge in [0.15, 0.2) is 0 Å². The van der Waals surface area contributed by atoms with Crippen molar-refractivity contribution in [1.29, 1.82) is 0 Å². The summed E-state index contributed by atoms with van der Waals surface area (Å²) in [5.41, 5.74) is 3.48. The molecule has 178 valence electrons. The van der Waals surface area contributed by atoms with E-state index in [1.807, 2.05) is 6.92 Å². The molecule has 0 radical (unpaired) electrons. The monoisotopic (exact) mass is 466 g/mol. The van der Waals surface area contributed by atoms with Gasteiger partial charge in [0.2, 0.25) is 11.8 Å². The van der Waals surface area contributed by atoms with E-state index in [9.17, 15) is 9.59 Å². The molecule has 1 atom stereocenters. The highest BCUT2D eigenvalue weighted by molar-refractivity contribution is 7.99. The van der Waals surface area contributed by atoms with Gasteiger partial charge in [-0.05, 0) is 50.8 Å². The van der Waals surface area contributed by atoms with Crippen LogP contribution in [0.3, 0.4) is 0 Å². The van der Waals surface area contributed by atoms with Gasteiger partial charge in [0.05, 0.1) is 0 Å². The normalized spacial score (nSPS) is 15.1. The summed E-state index contributed by atoms with van der Waals surface area (Å²) in [6.45, 7) is 6.60. The highest BCUT2D eigenvalue weighted by atomic mass is 32.2. The number of aryl methyl sites for hydroxylation is 2. The van der Waals surface area contributed by atoms with Gasteiger partial charge >= 0.3 is 0 Å². The SMILES string of the molecule is CC[C@@H](C(=O)NC1CCCCC1)N(Cc1ccc(C)cc1)C(=O)CCSc1ccc(C)cc1. The molecule has 1 aliphatic rings. The van der Waals surface area contributed by atoms with Crippen LogP contribution in [0.15, 0.2) is 53.4 Å². The molecule has 1 saturated carbocycles. The molecule has 2 amide bonds. The molecule has 0 aromatic heterocycles. The Hall–Kier alpha value is -2.27. The van der Waals surface area contributed by atoms with Gasteiger partial charge in [0, 0.05) is 29.7 Å². The maximum Gasteiger partial charge on any atom is 0.243 e. The van der Waals surface area contributed by atoms with Gasteiger partial charge in [0.25, 0.3) is 0 Å². The van der Waals surface area contributed by atoms with Crippen LogP contribution < -0.4 is 5.32 Å². The molecule has 4 nitrogen and oxygen atoms in total.